The van der Waals surface area contributed by atoms with Crippen molar-refractivity contribution >= 4 is 32.1 Å². The third-order valence-corrected chi connectivity index (χ3v) is 3.00. The molecular weight excluding hydrogens is 333 g/mol. The lowest BCUT2D eigenvalue weighted by molar-refractivity contribution is -0.744. The van der Waals surface area contributed by atoms with Crippen molar-refractivity contribution in [3.8, 4) is 0 Å². The Hall–Kier alpha value is -1.06. The molecule has 1 unspecified atom stereocenters. The van der Waals surface area contributed by atoms with Gasteiger partial charge in [-0.05, 0) is 0 Å². The first-order valence-corrected chi connectivity index (χ1v) is 7.00. The van der Waals surface area contributed by atoms with E-state index in [1.165, 1.54) is 0 Å². The predicted molar refractivity (Wildman–Crippen MR) is 62.8 cm³/mol. The average Bonchev–Trinajstić information content (AvgIpc) is 2.39. The normalized spacial score (nSPS) is 18.8. The van der Waals surface area contributed by atoms with Gasteiger partial charge in [-0.25, -0.2) is 13.3 Å². The molecule has 2 rings (SSSR count). The zero-order chi connectivity index (χ0) is 13.8. The number of nitrogens with zero attached hydrogens (tertiary/aromatic N) is 1. The molecule has 0 radical (unpaired) electrons. The first kappa shape index (κ1) is 15.0. The Morgan fingerprint density at radius 3 is 2.61 bits per heavy atom. The van der Waals surface area contributed by atoms with Crippen LogP contribution >= 0.6 is 15.9 Å². The molecule has 1 heterocycles. The summed E-state index contributed by atoms with van der Waals surface area (Å²) in [5.74, 6) is 0. The first-order chi connectivity index (χ1) is 8.29. The summed E-state index contributed by atoms with van der Waals surface area (Å²) in [5.41, 5.74) is 1.59. The molecule has 0 saturated carbocycles. The van der Waals surface area contributed by atoms with Crippen LogP contribution in [0, 0.1) is 4.91 Å². The monoisotopic (exact) mass is 341 g/mol. The highest BCUT2D eigenvalue weighted by molar-refractivity contribution is 9.09. The number of hydrogen-bond acceptors (Lipinski definition) is 5. The van der Waals surface area contributed by atoms with Crippen LogP contribution in [0.3, 0.4) is 0 Å². The quantitative estimate of drug-likeness (QED) is 0.410. The summed E-state index contributed by atoms with van der Waals surface area (Å²) in [5, 5.41) is 0. The minimum absolute atomic E-state index is 0.211. The molecule has 1 atom stereocenters. The molecule has 0 aromatic heterocycles. The Morgan fingerprint density at radius 2 is 2.00 bits per heavy atom. The van der Waals surface area contributed by atoms with Crippen molar-refractivity contribution < 1.29 is 26.6 Å². The third-order valence-electron chi connectivity index (χ3n) is 2.05. The number of fused-ring (bicyclic) bond motifs is 1. The van der Waals surface area contributed by atoms with Crippen LogP contribution < -0.4 is 0 Å². The van der Waals surface area contributed by atoms with Gasteiger partial charge in [0.1, 0.15) is 0 Å². The molecule has 0 fully saturated rings. The van der Waals surface area contributed by atoms with E-state index in [4.69, 9.17) is 17.8 Å². The molecule has 1 aromatic rings. The van der Waals surface area contributed by atoms with Gasteiger partial charge in [0.25, 0.3) is 15.4 Å². The van der Waals surface area contributed by atoms with Gasteiger partial charge in [-0.2, -0.15) is 0 Å². The van der Waals surface area contributed by atoms with Crippen molar-refractivity contribution in [3.63, 3.8) is 0 Å². The summed E-state index contributed by atoms with van der Waals surface area (Å²) < 4.78 is 35.3. The summed E-state index contributed by atoms with van der Waals surface area (Å²) in [7, 11) is -5.42. The molecule has 1 aromatic carbocycles. The minimum Gasteiger partial charge on any atom is -0.722 e. The molecule has 0 aliphatic carbocycles. The lowest BCUT2D eigenvalue weighted by Gasteiger charge is -2.01. The second kappa shape index (κ2) is 6.21. The highest BCUT2D eigenvalue weighted by Gasteiger charge is 2.29. The predicted octanol–water partition coefficient (Wildman–Crippen LogP) is 2.28. The largest absolute Gasteiger partial charge is 0.722 e. The van der Waals surface area contributed by atoms with Crippen LogP contribution in [-0.4, -0.2) is 24.5 Å². The fourth-order valence-electron chi connectivity index (χ4n) is 1.38. The molecule has 0 amide bonds. The van der Waals surface area contributed by atoms with E-state index in [-0.39, 0.29) is 4.83 Å². The Labute approximate surface area is 111 Å². The van der Waals surface area contributed by atoms with Gasteiger partial charge in [-0.15, -0.1) is 3.89 Å². The second-order valence-corrected chi connectivity index (χ2v) is 5.19. The van der Waals surface area contributed by atoms with Crippen LogP contribution in [-0.2, 0) is 15.3 Å². The van der Waals surface area contributed by atoms with E-state index in [1.54, 1.807) is 6.07 Å². The molecule has 0 saturated heterocycles. The molecule has 0 bridgehead atoms. The van der Waals surface area contributed by atoms with Gasteiger partial charge in [0.05, 0.1) is 4.91 Å². The number of rotatable bonds is 0. The van der Waals surface area contributed by atoms with E-state index >= 15 is 0 Å². The summed E-state index contributed by atoms with van der Waals surface area (Å²) in [6.45, 7) is 0.452. The van der Waals surface area contributed by atoms with Crippen molar-refractivity contribution in [2.75, 3.05) is 6.61 Å². The van der Waals surface area contributed by atoms with Crippen molar-refractivity contribution in [3.05, 3.63) is 34.7 Å². The SMILES string of the molecule is O=S(=O)([O-])F.O=[N+]1OCCC(Br)c2ccccc21. The van der Waals surface area contributed by atoms with E-state index < -0.39 is 10.5 Å². The average molecular weight is 342 g/mol. The highest BCUT2D eigenvalue weighted by Crippen LogP contribution is 2.35. The van der Waals surface area contributed by atoms with E-state index in [2.05, 4.69) is 15.9 Å². The van der Waals surface area contributed by atoms with Crippen molar-refractivity contribution in [1.82, 2.24) is 0 Å². The first-order valence-electron chi connectivity index (χ1n) is 4.77. The molecule has 0 spiro atoms. The molecule has 100 valence electrons. The van der Waals surface area contributed by atoms with Gasteiger partial charge >= 0.3 is 5.69 Å². The molecule has 0 N–H and O–H groups in total. The lowest BCUT2D eigenvalue weighted by atomic mass is 10.1. The molecule has 1 aliphatic rings. The summed E-state index contributed by atoms with van der Waals surface area (Å²) in [6.07, 6.45) is 0.815. The second-order valence-electron chi connectivity index (χ2n) is 3.30. The van der Waals surface area contributed by atoms with Crippen LogP contribution in [0.25, 0.3) is 0 Å². The molecule has 18 heavy (non-hydrogen) atoms. The summed E-state index contributed by atoms with van der Waals surface area (Å²) in [4.78, 5) is 17.1. The van der Waals surface area contributed by atoms with Crippen molar-refractivity contribution in [2.24, 2.45) is 0 Å². The third kappa shape index (κ3) is 5.07. The fourth-order valence-corrected chi connectivity index (χ4v) is 1.96. The van der Waals surface area contributed by atoms with Crippen molar-refractivity contribution in [1.29, 1.82) is 0 Å². The van der Waals surface area contributed by atoms with Crippen molar-refractivity contribution in [2.45, 2.75) is 11.2 Å². The van der Waals surface area contributed by atoms with Gasteiger partial charge in [0.2, 0.25) is 0 Å². The number of para-hydroxylation sites is 1. The number of alkyl halides is 1. The summed E-state index contributed by atoms with van der Waals surface area (Å²) in [6, 6.07) is 7.46. The van der Waals surface area contributed by atoms with Gasteiger partial charge in [0.15, 0.2) is 6.61 Å². The van der Waals surface area contributed by atoms with Gasteiger partial charge in [-0.1, -0.05) is 34.1 Å². The Morgan fingerprint density at radius 1 is 1.44 bits per heavy atom. The van der Waals surface area contributed by atoms with E-state index in [0.717, 1.165) is 12.0 Å². The van der Waals surface area contributed by atoms with E-state index in [1.807, 2.05) is 18.2 Å². The van der Waals surface area contributed by atoms with Crippen LogP contribution in [0.4, 0.5) is 9.57 Å². The van der Waals surface area contributed by atoms with Crippen LogP contribution in [0.2, 0.25) is 0 Å². The number of benzene rings is 1. The van der Waals surface area contributed by atoms with Gasteiger partial charge in [-0.3, -0.25) is 0 Å². The van der Waals surface area contributed by atoms with E-state index in [0.29, 0.717) is 17.2 Å². The van der Waals surface area contributed by atoms with E-state index in [9.17, 15) is 8.79 Å². The molecule has 6 nitrogen and oxygen atoms in total. The van der Waals surface area contributed by atoms with Crippen LogP contribution in [0.1, 0.15) is 16.8 Å². The van der Waals surface area contributed by atoms with Crippen LogP contribution in [0.5, 0.6) is 0 Å². The number of hydrogen-bond donors (Lipinski definition) is 0. The molecule has 9 heteroatoms. The number of halogens is 2. The lowest BCUT2D eigenvalue weighted by Crippen LogP contribution is -2.01. The van der Waals surface area contributed by atoms with Gasteiger partial charge in [0, 0.05) is 22.9 Å². The zero-order valence-electron chi connectivity index (χ0n) is 8.95. The zero-order valence-corrected chi connectivity index (χ0v) is 11.4. The van der Waals surface area contributed by atoms with Gasteiger partial charge < -0.3 is 4.55 Å². The summed E-state index contributed by atoms with van der Waals surface area (Å²) >= 11 is 3.52. The minimum atomic E-state index is -5.42. The maximum atomic E-state index is 11.3. The maximum Gasteiger partial charge on any atom is 0.321 e. The molecular formula is C9H9BrFNO5S. The standard InChI is InChI=1S/C9H9BrNO2.FHO3S/c10-8-5-6-13-11(12)9-4-2-1-3-7(8)9;1-5(2,3)4/h1-4,8H,5-6H2;(H,2,3,4)/q+1;/p-1. The highest BCUT2D eigenvalue weighted by atomic mass is 79.9. The molecule has 1 aliphatic heterocycles. The Balaban J connectivity index is 0.000000280. The van der Waals surface area contributed by atoms with Crippen LogP contribution in [0.15, 0.2) is 24.3 Å². The fraction of sp³-hybridized carbons (Fsp3) is 0.333. The Kier molecular flexibility index (Phi) is 5.17. The topological polar surface area (TPSA) is 86.5 Å². The Bertz CT molecular complexity index is 528. The smallest absolute Gasteiger partial charge is 0.321 e. The maximum absolute atomic E-state index is 11.3.